The van der Waals surface area contributed by atoms with Gasteiger partial charge in [-0.15, -0.1) is 0 Å². The van der Waals surface area contributed by atoms with Gasteiger partial charge in [0.2, 0.25) is 5.89 Å². The van der Waals surface area contributed by atoms with E-state index in [1.165, 1.54) is 30.5 Å². The van der Waals surface area contributed by atoms with Crippen molar-refractivity contribution in [2.24, 2.45) is 0 Å². The quantitative estimate of drug-likeness (QED) is 0.503. The molecule has 22 heavy (non-hydrogen) atoms. The molecular formula is C17H16N2O3. The second kappa shape index (κ2) is 5.97. The summed E-state index contributed by atoms with van der Waals surface area (Å²) in [5, 5.41) is 10.8. The first-order chi connectivity index (χ1) is 10.7. The van der Waals surface area contributed by atoms with E-state index in [0.29, 0.717) is 17.0 Å². The van der Waals surface area contributed by atoms with E-state index in [2.05, 4.69) is 24.0 Å². The lowest BCUT2D eigenvalue weighted by Gasteiger charge is -2.00. The van der Waals surface area contributed by atoms with Crippen LogP contribution in [0.4, 0.5) is 5.69 Å². The third-order valence-electron chi connectivity index (χ3n) is 3.60. The fourth-order valence-electron chi connectivity index (χ4n) is 2.35. The van der Waals surface area contributed by atoms with E-state index in [4.69, 9.17) is 4.42 Å². The summed E-state index contributed by atoms with van der Waals surface area (Å²) in [5.41, 5.74) is 3.23. The minimum atomic E-state index is -0.434. The molecule has 112 valence electrons. The molecule has 3 aromatic rings. The number of nitro benzene ring substituents is 1. The number of fused-ring (bicyclic) bond motifs is 1. The normalized spacial score (nSPS) is 11.0. The molecule has 1 aromatic heterocycles. The van der Waals surface area contributed by atoms with Gasteiger partial charge in [-0.1, -0.05) is 25.5 Å². The highest BCUT2D eigenvalue weighted by Crippen LogP contribution is 2.27. The third kappa shape index (κ3) is 2.83. The average Bonchev–Trinajstić information content (AvgIpc) is 2.96. The Morgan fingerprint density at radius 2 is 1.95 bits per heavy atom. The van der Waals surface area contributed by atoms with Gasteiger partial charge in [0, 0.05) is 17.7 Å². The van der Waals surface area contributed by atoms with Crippen molar-refractivity contribution in [3.05, 3.63) is 58.1 Å². The van der Waals surface area contributed by atoms with Gasteiger partial charge in [0.1, 0.15) is 5.52 Å². The van der Waals surface area contributed by atoms with Gasteiger partial charge in [-0.2, -0.15) is 0 Å². The molecule has 3 rings (SSSR count). The van der Waals surface area contributed by atoms with E-state index in [1.807, 2.05) is 12.1 Å². The van der Waals surface area contributed by atoms with E-state index in [-0.39, 0.29) is 5.69 Å². The van der Waals surface area contributed by atoms with Crippen LogP contribution < -0.4 is 0 Å². The summed E-state index contributed by atoms with van der Waals surface area (Å²) in [4.78, 5) is 14.7. The standard InChI is InChI=1S/C17H16N2O3/c1-2-3-4-12-5-7-13(8-6-12)17-18-15-11-14(19(20)21)9-10-16(15)22-17/h5-11H,2-4H2,1H3. The number of aromatic nitrogens is 1. The summed E-state index contributed by atoms with van der Waals surface area (Å²) in [5.74, 6) is 0.484. The van der Waals surface area contributed by atoms with Crippen LogP contribution in [0.15, 0.2) is 46.9 Å². The Bertz CT molecular complexity index is 806. The minimum Gasteiger partial charge on any atom is -0.436 e. The highest BCUT2D eigenvalue weighted by molar-refractivity contribution is 5.78. The van der Waals surface area contributed by atoms with Crippen LogP contribution in [-0.2, 0) is 6.42 Å². The van der Waals surface area contributed by atoms with Crippen LogP contribution in [0.25, 0.3) is 22.6 Å². The summed E-state index contributed by atoms with van der Waals surface area (Å²) in [7, 11) is 0. The van der Waals surface area contributed by atoms with Crippen molar-refractivity contribution in [3.8, 4) is 11.5 Å². The maximum atomic E-state index is 10.8. The molecule has 5 heteroatoms. The fraction of sp³-hybridized carbons (Fsp3) is 0.235. The maximum absolute atomic E-state index is 10.8. The molecule has 0 unspecified atom stereocenters. The summed E-state index contributed by atoms with van der Waals surface area (Å²) >= 11 is 0. The van der Waals surface area contributed by atoms with Crippen molar-refractivity contribution in [1.82, 2.24) is 4.98 Å². The van der Waals surface area contributed by atoms with Crippen LogP contribution in [0.3, 0.4) is 0 Å². The molecule has 0 bridgehead atoms. The number of non-ortho nitro benzene ring substituents is 1. The molecule has 0 atom stereocenters. The monoisotopic (exact) mass is 296 g/mol. The number of nitro groups is 1. The Hall–Kier alpha value is -2.69. The molecule has 0 saturated heterocycles. The lowest BCUT2D eigenvalue weighted by molar-refractivity contribution is -0.384. The molecule has 1 heterocycles. The van der Waals surface area contributed by atoms with Gasteiger partial charge in [-0.25, -0.2) is 4.98 Å². The lowest BCUT2D eigenvalue weighted by atomic mass is 10.1. The fourth-order valence-corrected chi connectivity index (χ4v) is 2.35. The molecule has 0 radical (unpaired) electrons. The number of hydrogen-bond acceptors (Lipinski definition) is 4. The molecule has 0 saturated carbocycles. The average molecular weight is 296 g/mol. The molecule has 0 spiro atoms. The number of unbranched alkanes of at least 4 members (excludes halogenated alkanes) is 1. The van der Waals surface area contributed by atoms with Crippen molar-refractivity contribution in [1.29, 1.82) is 0 Å². The Balaban J connectivity index is 1.91. The molecular weight excluding hydrogens is 280 g/mol. The maximum Gasteiger partial charge on any atom is 0.271 e. The summed E-state index contributed by atoms with van der Waals surface area (Å²) in [6.07, 6.45) is 3.41. The van der Waals surface area contributed by atoms with Gasteiger partial charge < -0.3 is 4.42 Å². The van der Waals surface area contributed by atoms with E-state index >= 15 is 0 Å². The van der Waals surface area contributed by atoms with E-state index in [1.54, 1.807) is 6.07 Å². The van der Waals surface area contributed by atoms with Gasteiger partial charge in [0.15, 0.2) is 5.58 Å². The predicted molar refractivity (Wildman–Crippen MR) is 84.7 cm³/mol. The first-order valence-corrected chi connectivity index (χ1v) is 7.31. The highest BCUT2D eigenvalue weighted by atomic mass is 16.6. The predicted octanol–water partition coefficient (Wildman–Crippen LogP) is 4.75. The van der Waals surface area contributed by atoms with Crippen LogP contribution >= 0.6 is 0 Å². The van der Waals surface area contributed by atoms with Crippen molar-refractivity contribution >= 4 is 16.8 Å². The smallest absolute Gasteiger partial charge is 0.271 e. The number of oxazole rings is 1. The number of nitrogens with zero attached hydrogens (tertiary/aromatic N) is 2. The van der Waals surface area contributed by atoms with Crippen LogP contribution in [0.2, 0.25) is 0 Å². The lowest BCUT2D eigenvalue weighted by Crippen LogP contribution is -1.86. The van der Waals surface area contributed by atoms with Gasteiger partial charge >= 0.3 is 0 Å². The van der Waals surface area contributed by atoms with Gasteiger partial charge in [-0.05, 0) is 36.6 Å². The van der Waals surface area contributed by atoms with Crippen LogP contribution in [0.5, 0.6) is 0 Å². The Morgan fingerprint density at radius 3 is 2.64 bits per heavy atom. The first kappa shape index (κ1) is 14.3. The third-order valence-corrected chi connectivity index (χ3v) is 3.60. The zero-order chi connectivity index (χ0) is 15.5. The van der Waals surface area contributed by atoms with E-state index in [9.17, 15) is 10.1 Å². The number of aryl methyl sites for hydroxylation is 1. The van der Waals surface area contributed by atoms with Crippen molar-refractivity contribution in [2.75, 3.05) is 0 Å². The number of benzene rings is 2. The van der Waals surface area contributed by atoms with Gasteiger partial charge in [-0.3, -0.25) is 10.1 Å². The Kier molecular flexibility index (Phi) is 3.87. The number of rotatable bonds is 5. The second-order valence-electron chi connectivity index (χ2n) is 5.23. The van der Waals surface area contributed by atoms with E-state index in [0.717, 1.165) is 12.0 Å². The Morgan fingerprint density at radius 1 is 1.18 bits per heavy atom. The van der Waals surface area contributed by atoms with Gasteiger partial charge in [0.05, 0.1) is 4.92 Å². The molecule has 0 fully saturated rings. The number of hydrogen-bond donors (Lipinski definition) is 0. The van der Waals surface area contributed by atoms with Crippen molar-refractivity contribution in [3.63, 3.8) is 0 Å². The van der Waals surface area contributed by atoms with Crippen molar-refractivity contribution in [2.45, 2.75) is 26.2 Å². The van der Waals surface area contributed by atoms with Crippen LogP contribution in [-0.4, -0.2) is 9.91 Å². The SMILES string of the molecule is CCCCc1ccc(-c2nc3cc([N+](=O)[O-])ccc3o2)cc1. The Labute approximate surface area is 127 Å². The molecule has 0 N–H and O–H groups in total. The summed E-state index contributed by atoms with van der Waals surface area (Å²) in [6, 6.07) is 12.5. The molecule has 0 aliphatic rings. The summed E-state index contributed by atoms with van der Waals surface area (Å²) < 4.78 is 5.68. The molecule has 2 aromatic carbocycles. The zero-order valence-corrected chi connectivity index (χ0v) is 12.3. The summed E-state index contributed by atoms with van der Waals surface area (Å²) in [6.45, 7) is 2.17. The minimum absolute atomic E-state index is 0.0160. The highest BCUT2D eigenvalue weighted by Gasteiger charge is 2.12. The van der Waals surface area contributed by atoms with E-state index < -0.39 is 4.92 Å². The molecule has 5 nitrogen and oxygen atoms in total. The van der Waals surface area contributed by atoms with Crippen molar-refractivity contribution < 1.29 is 9.34 Å². The van der Waals surface area contributed by atoms with Crippen LogP contribution in [0.1, 0.15) is 25.3 Å². The molecule has 0 aliphatic heterocycles. The first-order valence-electron chi connectivity index (χ1n) is 7.31. The molecule has 0 aliphatic carbocycles. The molecule has 0 amide bonds. The van der Waals surface area contributed by atoms with Crippen LogP contribution in [0, 0.1) is 10.1 Å². The largest absolute Gasteiger partial charge is 0.436 e. The zero-order valence-electron chi connectivity index (χ0n) is 12.3. The second-order valence-corrected chi connectivity index (χ2v) is 5.23. The topological polar surface area (TPSA) is 69.2 Å². The van der Waals surface area contributed by atoms with Gasteiger partial charge in [0.25, 0.3) is 5.69 Å².